The predicted octanol–water partition coefficient (Wildman–Crippen LogP) is 4.03. The number of benzene rings is 2. The molecule has 2 N–H and O–H groups in total. The summed E-state index contributed by atoms with van der Waals surface area (Å²) in [4.78, 5) is 9.68. The summed E-state index contributed by atoms with van der Waals surface area (Å²) in [6, 6.07) is 18.9. The van der Waals surface area contributed by atoms with Crippen molar-refractivity contribution in [3.05, 3.63) is 60.8 Å². The van der Waals surface area contributed by atoms with Crippen molar-refractivity contribution in [2.45, 2.75) is 18.9 Å². The zero-order chi connectivity index (χ0) is 25.9. The first-order valence-corrected chi connectivity index (χ1v) is 13.4. The van der Waals surface area contributed by atoms with E-state index in [4.69, 9.17) is 14.6 Å². The molecule has 2 aliphatic rings. The molecule has 0 saturated carbocycles. The van der Waals surface area contributed by atoms with Crippen LogP contribution in [0.4, 0.5) is 17.3 Å². The summed E-state index contributed by atoms with van der Waals surface area (Å²) < 4.78 is 13.3. The van der Waals surface area contributed by atoms with Crippen LogP contribution in [0.25, 0.3) is 16.8 Å². The minimum absolute atomic E-state index is 0.493. The molecule has 0 aliphatic carbocycles. The van der Waals surface area contributed by atoms with Crippen molar-refractivity contribution in [3.8, 4) is 22.8 Å². The number of anilines is 3. The molecule has 0 spiro atoms. The van der Waals surface area contributed by atoms with Gasteiger partial charge in [0, 0.05) is 62.6 Å². The van der Waals surface area contributed by atoms with Crippen LogP contribution >= 0.6 is 0 Å². The molecular formula is C29H35N7O2. The Morgan fingerprint density at radius 1 is 0.947 bits per heavy atom. The summed E-state index contributed by atoms with van der Waals surface area (Å²) >= 11 is 0. The molecule has 9 heteroatoms. The highest BCUT2D eigenvalue weighted by molar-refractivity contribution is 5.73. The van der Waals surface area contributed by atoms with Gasteiger partial charge in [-0.1, -0.05) is 12.1 Å². The molecule has 4 heterocycles. The third-order valence-corrected chi connectivity index (χ3v) is 7.64. The van der Waals surface area contributed by atoms with Crippen LogP contribution in [0.3, 0.4) is 0 Å². The van der Waals surface area contributed by atoms with E-state index in [2.05, 4.69) is 43.6 Å². The van der Waals surface area contributed by atoms with Gasteiger partial charge in [-0.25, -0.2) is 9.50 Å². The fourth-order valence-corrected chi connectivity index (χ4v) is 5.65. The number of ether oxygens (including phenoxy) is 2. The summed E-state index contributed by atoms with van der Waals surface area (Å²) in [7, 11) is 3.39. The summed E-state index contributed by atoms with van der Waals surface area (Å²) in [5, 5.41) is 11.6. The Morgan fingerprint density at radius 3 is 2.63 bits per heavy atom. The van der Waals surface area contributed by atoms with Gasteiger partial charge in [-0.15, -0.1) is 5.10 Å². The summed E-state index contributed by atoms with van der Waals surface area (Å²) in [5.41, 5.74) is 4.84. The molecule has 1 unspecified atom stereocenters. The third-order valence-electron chi connectivity index (χ3n) is 7.64. The van der Waals surface area contributed by atoms with Gasteiger partial charge in [0.05, 0.1) is 37.3 Å². The Bertz CT molecular complexity index is 1400. The van der Waals surface area contributed by atoms with Gasteiger partial charge in [0.1, 0.15) is 11.5 Å². The summed E-state index contributed by atoms with van der Waals surface area (Å²) in [5.74, 6) is 2.07. The number of piperidine rings is 1. The molecule has 6 rings (SSSR count). The number of piperazine rings is 1. The zero-order valence-corrected chi connectivity index (χ0v) is 22.1. The second-order valence-corrected chi connectivity index (χ2v) is 9.87. The van der Waals surface area contributed by atoms with Crippen molar-refractivity contribution in [1.82, 2.24) is 24.8 Å². The van der Waals surface area contributed by atoms with Crippen LogP contribution in [-0.2, 0) is 0 Å². The topological polar surface area (TPSA) is 79.2 Å². The van der Waals surface area contributed by atoms with Crippen LogP contribution in [0.1, 0.15) is 12.8 Å². The SMILES string of the molecule is COc1cc(N2CCCC(N3CCNCC3)C2)ccc1Nc1ncc2ccc(-c3ccccc3OC)n2n1. The first-order chi connectivity index (χ1) is 18.7. The van der Waals surface area contributed by atoms with E-state index in [1.807, 2.05) is 47.1 Å². The Morgan fingerprint density at radius 2 is 1.79 bits per heavy atom. The van der Waals surface area contributed by atoms with Crippen molar-refractivity contribution in [2.24, 2.45) is 0 Å². The number of nitrogens with zero attached hydrogens (tertiary/aromatic N) is 5. The van der Waals surface area contributed by atoms with Gasteiger partial charge >= 0.3 is 0 Å². The van der Waals surface area contributed by atoms with Crippen molar-refractivity contribution in [3.63, 3.8) is 0 Å². The highest BCUT2D eigenvalue weighted by Gasteiger charge is 2.27. The minimum Gasteiger partial charge on any atom is -0.496 e. The monoisotopic (exact) mass is 513 g/mol. The maximum Gasteiger partial charge on any atom is 0.245 e. The number of rotatable bonds is 7. The number of fused-ring (bicyclic) bond motifs is 1. The maximum absolute atomic E-state index is 5.80. The lowest BCUT2D eigenvalue weighted by molar-refractivity contribution is 0.156. The van der Waals surface area contributed by atoms with Crippen molar-refractivity contribution >= 4 is 22.8 Å². The number of hydrogen-bond acceptors (Lipinski definition) is 8. The molecule has 1 atom stereocenters. The van der Waals surface area contributed by atoms with E-state index in [-0.39, 0.29) is 0 Å². The van der Waals surface area contributed by atoms with E-state index in [0.29, 0.717) is 12.0 Å². The lowest BCUT2D eigenvalue weighted by Crippen LogP contribution is -2.54. The lowest BCUT2D eigenvalue weighted by atomic mass is 10.0. The second kappa shape index (κ2) is 10.9. The fourth-order valence-electron chi connectivity index (χ4n) is 5.65. The highest BCUT2D eigenvalue weighted by atomic mass is 16.5. The Hall–Kier alpha value is -3.82. The van der Waals surface area contributed by atoms with Gasteiger partial charge in [0.15, 0.2) is 0 Å². The maximum atomic E-state index is 5.80. The third kappa shape index (κ3) is 4.87. The van der Waals surface area contributed by atoms with Crippen LogP contribution in [-0.4, -0.2) is 79.0 Å². The highest BCUT2D eigenvalue weighted by Crippen LogP contribution is 2.34. The Kier molecular flexibility index (Phi) is 7.02. The van der Waals surface area contributed by atoms with Gasteiger partial charge in [0.25, 0.3) is 0 Å². The van der Waals surface area contributed by atoms with Crippen LogP contribution in [0, 0.1) is 0 Å². The smallest absolute Gasteiger partial charge is 0.245 e. The second-order valence-electron chi connectivity index (χ2n) is 9.87. The van der Waals surface area contributed by atoms with Crippen molar-refractivity contribution in [1.29, 1.82) is 0 Å². The van der Waals surface area contributed by atoms with Crippen LogP contribution < -0.4 is 25.0 Å². The van der Waals surface area contributed by atoms with Crippen molar-refractivity contribution < 1.29 is 9.47 Å². The largest absolute Gasteiger partial charge is 0.496 e. The molecule has 198 valence electrons. The molecule has 38 heavy (non-hydrogen) atoms. The fraction of sp³-hybridized carbons (Fsp3) is 0.379. The standard InChI is InChI=1S/C29H35N7O2/c1-37-27-8-4-3-7-24(27)26-12-10-22-19-31-29(33-36(22)26)32-25-11-9-21(18-28(25)38-2)35-15-5-6-23(20-35)34-16-13-30-14-17-34/h3-4,7-12,18-19,23,30H,5-6,13-17,20H2,1-2H3,(H,32,33). The van der Waals surface area contributed by atoms with E-state index < -0.39 is 0 Å². The quantitative estimate of drug-likeness (QED) is 0.384. The molecule has 2 saturated heterocycles. The molecule has 2 fully saturated rings. The molecule has 2 aromatic heterocycles. The van der Waals surface area contributed by atoms with Crippen molar-refractivity contribution in [2.75, 3.05) is 63.7 Å². The first kappa shape index (κ1) is 24.5. The minimum atomic E-state index is 0.493. The first-order valence-electron chi connectivity index (χ1n) is 13.4. The number of methoxy groups -OCH3 is 2. The number of nitrogens with one attached hydrogen (secondary N) is 2. The van der Waals surface area contributed by atoms with Gasteiger partial charge in [-0.05, 0) is 49.2 Å². The molecule has 0 bridgehead atoms. The summed E-state index contributed by atoms with van der Waals surface area (Å²) in [6.07, 6.45) is 4.29. The molecule has 9 nitrogen and oxygen atoms in total. The molecular weight excluding hydrogens is 478 g/mol. The Balaban J connectivity index is 1.23. The van der Waals surface area contributed by atoms with Gasteiger partial charge in [-0.3, -0.25) is 4.90 Å². The van der Waals surface area contributed by atoms with E-state index in [0.717, 1.165) is 73.2 Å². The van der Waals surface area contributed by atoms with E-state index in [9.17, 15) is 0 Å². The van der Waals surface area contributed by atoms with Crippen LogP contribution in [0.2, 0.25) is 0 Å². The molecule has 4 aromatic rings. The molecule has 0 amide bonds. The van der Waals surface area contributed by atoms with Crippen LogP contribution in [0.15, 0.2) is 60.8 Å². The van der Waals surface area contributed by atoms with Crippen LogP contribution in [0.5, 0.6) is 11.5 Å². The summed E-state index contributed by atoms with van der Waals surface area (Å²) in [6.45, 7) is 6.56. The predicted molar refractivity (Wildman–Crippen MR) is 151 cm³/mol. The molecule has 2 aliphatic heterocycles. The van der Waals surface area contributed by atoms with Gasteiger partial charge < -0.3 is 25.0 Å². The normalized spacial score (nSPS) is 18.5. The molecule has 2 aromatic carbocycles. The van der Waals surface area contributed by atoms with Gasteiger partial charge in [-0.2, -0.15) is 0 Å². The number of hydrogen-bond donors (Lipinski definition) is 2. The van der Waals surface area contributed by atoms with Gasteiger partial charge in [0.2, 0.25) is 5.95 Å². The van der Waals surface area contributed by atoms with E-state index >= 15 is 0 Å². The molecule has 0 radical (unpaired) electrons. The average molecular weight is 514 g/mol. The zero-order valence-electron chi connectivity index (χ0n) is 22.1. The average Bonchev–Trinajstić information content (AvgIpc) is 3.41. The number of aromatic nitrogens is 3. The van der Waals surface area contributed by atoms with E-state index in [1.54, 1.807) is 14.2 Å². The number of para-hydroxylation sites is 1. The lowest BCUT2D eigenvalue weighted by Gasteiger charge is -2.42. The Labute approximate surface area is 223 Å². The van der Waals surface area contributed by atoms with E-state index in [1.165, 1.54) is 18.5 Å².